The van der Waals surface area contributed by atoms with Crippen LogP contribution < -0.4 is 10.6 Å². The largest absolute Gasteiger partial charge is 0.387 e. The number of amides is 1. The van der Waals surface area contributed by atoms with E-state index in [1.54, 1.807) is 6.07 Å². The highest BCUT2D eigenvalue weighted by Crippen LogP contribution is 2.46. The van der Waals surface area contributed by atoms with Crippen LogP contribution in [0.5, 0.6) is 0 Å². The van der Waals surface area contributed by atoms with Gasteiger partial charge in [0.2, 0.25) is 0 Å². The molecule has 3 aliphatic rings. The minimum Gasteiger partial charge on any atom is -0.387 e. The number of nitrogens with one attached hydrogen (secondary N) is 2. The number of nitrogens with zero attached hydrogens (tertiary/aromatic N) is 1. The Bertz CT molecular complexity index is 655. The van der Waals surface area contributed by atoms with Crippen molar-refractivity contribution in [3.8, 4) is 0 Å². The quantitative estimate of drug-likeness (QED) is 0.655. The van der Waals surface area contributed by atoms with E-state index in [1.807, 2.05) is 0 Å². The molecule has 3 N–H and O–H groups in total. The third-order valence-electron chi connectivity index (χ3n) is 5.82. The first-order valence-corrected chi connectivity index (χ1v) is 9.65. The summed E-state index contributed by atoms with van der Waals surface area (Å²) in [5.41, 5.74) is -0.517. The van der Waals surface area contributed by atoms with Gasteiger partial charge in [-0.2, -0.15) is 0 Å². The molecule has 3 saturated carbocycles. The fourth-order valence-corrected chi connectivity index (χ4v) is 4.12. The average Bonchev–Trinajstić information content (AvgIpc) is 2.60. The van der Waals surface area contributed by atoms with Crippen LogP contribution in [0.25, 0.3) is 0 Å². The highest BCUT2D eigenvalue weighted by Gasteiger charge is 2.40. The summed E-state index contributed by atoms with van der Waals surface area (Å²) in [6, 6.07) is 1.66. The molecule has 1 atom stereocenters. The maximum absolute atomic E-state index is 13.9. The minimum absolute atomic E-state index is 0.00414. The van der Waals surface area contributed by atoms with E-state index in [4.69, 9.17) is 11.6 Å². The summed E-state index contributed by atoms with van der Waals surface area (Å²) in [6.45, 7) is 2.48. The number of aromatic nitrogens is 1. The average molecular weight is 384 g/mol. The van der Waals surface area contributed by atoms with Crippen molar-refractivity contribution in [3.05, 3.63) is 23.0 Å². The molecular weight excluding hydrogens is 357 g/mol. The number of fused-ring (bicyclic) bond motifs is 3. The normalized spacial score (nSPS) is 26.4. The van der Waals surface area contributed by atoms with Crippen molar-refractivity contribution in [2.24, 2.45) is 5.92 Å². The molecule has 1 aromatic rings. The Morgan fingerprint density at radius 3 is 2.62 bits per heavy atom. The van der Waals surface area contributed by atoms with Crippen LogP contribution in [0.4, 0.5) is 10.1 Å². The van der Waals surface area contributed by atoms with Crippen LogP contribution in [-0.2, 0) is 0 Å². The second-order valence-electron chi connectivity index (χ2n) is 8.27. The first-order chi connectivity index (χ1) is 12.2. The molecule has 5 nitrogen and oxygen atoms in total. The van der Waals surface area contributed by atoms with E-state index < -0.39 is 17.7 Å². The smallest absolute Gasteiger partial charge is 0.255 e. The van der Waals surface area contributed by atoms with Crippen molar-refractivity contribution in [2.75, 3.05) is 11.9 Å². The van der Waals surface area contributed by atoms with Crippen molar-refractivity contribution in [2.45, 2.75) is 69.7 Å². The van der Waals surface area contributed by atoms with E-state index in [2.05, 4.69) is 15.6 Å². The van der Waals surface area contributed by atoms with Gasteiger partial charge in [0.1, 0.15) is 11.3 Å². The van der Waals surface area contributed by atoms with E-state index in [9.17, 15) is 14.3 Å². The Morgan fingerprint density at radius 1 is 1.42 bits per heavy atom. The van der Waals surface area contributed by atoms with Gasteiger partial charge in [-0.25, -0.2) is 9.37 Å². The van der Waals surface area contributed by atoms with Crippen LogP contribution in [0.3, 0.4) is 0 Å². The molecule has 0 radical (unpaired) electrons. The number of carbonyl (C=O) groups excluding carboxylic acids is 1. The topological polar surface area (TPSA) is 74.2 Å². The summed E-state index contributed by atoms with van der Waals surface area (Å²) in [4.78, 5) is 16.6. The second-order valence-corrected chi connectivity index (χ2v) is 8.66. The van der Waals surface area contributed by atoms with Crippen LogP contribution in [-0.4, -0.2) is 39.9 Å². The van der Waals surface area contributed by atoms with E-state index in [1.165, 1.54) is 39.3 Å². The van der Waals surface area contributed by atoms with Crippen LogP contribution in [0, 0.1) is 5.92 Å². The SMILES string of the molecule is CC(C)(O)[C@H](F)CNC(=O)c1cnc(Cl)cc1NC12CCC(CC1)CC2. The number of hydrogen-bond acceptors (Lipinski definition) is 4. The maximum atomic E-state index is 13.9. The first kappa shape index (κ1) is 19.4. The molecule has 1 amide bonds. The fourth-order valence-electron chi connectivity index (χ4n) is 3.96. The van der Waals surface area contributed by atoms with Gasteiger partial charge in [0, 0.05) is 11.7 Å². The van der Waals surface area contributed by atoms with Crippen molar-refractivity contribution in [3.63, 3.8) is 0 Å². The number of alkyl halides is 1. The molecule has 26 heavy (non-hydrogen) atoms. The van der Waals surface area contributed by atoms with E-state index in [0.717, 1.165) is 25.2 Å². The number of halogens is 2. The molecule has 4 rings (SSSR count). The zero-order chi connectivity index (χ0) is 18.9. The van der Waals surface area contributed by atoms with E-state index in [-0.39, 0.29) is 12.1 Å². The third kappa shape index (κ3) is 4.29. The molecule has 0 spiro atoms. The monoisotopic (exact) mass is 383 g/mol. The summed E-state index contributed by atoms with van der Waals surface area (Å²) >= 11 is 6.05. The van der Waals surface area contributed by atoms with Crippen LogP contribution in [0.15, 0.2) is 12.3 Å². The summed E-state index contributed by atoms with van der Waals surface area (Å²) in [6.07, 6.45) is 6.75. The number of rotatable bonds is 6. The van der Waals surface area contributed by atoms with Gasteiger partial charge in [-0.05, 0) is 64.4 Å². The zero-order valence-electron chi connectivity index (χ0n) is 15.3. The molecule has 3 fully saturated rings. The van der Waals surface area contributed by atoms with Gasteiger partial charge in [0.15, 0.2) is 0 Å². The van der Waals surface area contributed by atoms with Gasteiger partial charge in [0.25, 0.3) is 5.91 Å². The van der Waals surface area contributed by atoms with Gasteiger partial charge in [-0.1, -0.05) is 11.6 Å². The maximum Gasteiger partial charge on any atom is 0.255 e. The molecule has 0 unspecified atom stereocenters. The van der Waals surface area contributed by atoms with Crippen molar-refractivity contribution in [1.29, 1.82) is 0 Å². The summed E-state index contributed by atoms with van der Waals surface area (Å²) in [5.74, 6) is 0.412. The lowest BCUT2D eigenvalue weighted by Crippen LogP contribution is -2.47. The second kappa shape index (κ2) is 7.31. The lowest BCUT2D eigenvalue weighted by molar-refractivity contribution is -0.00177. The number of hydrogen-bond donors (Lipinski definition) is 3. The van der Waals surface area contributed by atoms with Gasteiger partial charge in [-0.3, -0.25) is 4.79 Å². The van der Waals surface area contributed by atoms with Gasteiger partial charge >= 0.3 is 0 Å². The van der Waals surface area contributed by atoms with Crippen LogP contribution in [0.2, 0.25) is 5.15 Å². The van der Waals surface area contributed by atoms with Gasteiger partial charge < -0.3 is 15.7 Å². The van der Waals surface area contributed by atoms with Crippen molar-refractivity contribution >= 4 is 23.2 Å². The Balaban J connectivity index is 1.74. The number of anilines is 1. The fraction of sp³-hybridized carbons (Fsp3) is 0.684. The summed E-state index contributed by atoms with van der Waals surface area (Å²) < 4.78 is 13.9. The Morgan fingerprint density at radius 2 is 2.04 bits per heavy atom. The van der Waals surface area contributed by atoms with Crippen LogP contribution >= 0.6 is 11.6 Å². The highest BCUT2D eigenvalue weighted by atomic mass is 35.5. The Labute approximate surface area is 158 Å². The predicted molar refractivity (Wildman–Crippen MR) is 100 cm³/mol. The molecule has 1 heterocycles. The molecular formula is C19H27ClFN3O2. The predicted octanol–water partition coefficient (Wildman–Crippen LogP) is 3.71. The lowest BCUT2D eigenvalue weighted by atomic mass is 9.65. The number of pyridine rings is 1. The molecule has 7 heteroatoms. The summed E-state index contributed by atoms with van der Waals surface area (Å²) in [5, 5.41) is 16.1. The minimum atomic E-state index is -1.56. The number of aliphatic hydroxyl groups is 1. The molecule has 0 saturated heterocycles. The molecule has 3 aliphatic carbocycles. The molecule has 144 valence electrons. The molecule has 1 aromatic heterocycles. The lowest BCUT2D eigenvalue weighted by Gasteiger charge is -2.47. The molecule has 2 bridgehead atoms. The first-order valence-electron chi connectivity index (χ1n) is 9.27. The van der Waals surface area contributed by atoms with Gasteiger partial charge in [-0.15, -0.1) is 0 Å². The zero-order valence-corrected chi connectivity index (χ0v) is 16.1. The van der Waals surface area contributed by atoms with E-state index >= 15 is 0 Å². The van der Waals surface area contributed by atoms with Crippen molar-refractivity contribution in [1.82, 2.24) is 10.3 Å². The van der Waals surface area contributed by atoms with E-state index in [0.29, 0.717) is 16.4 Å². The van der Waals surface area contributed by atoms with Crippen molar-refractivity contribution < 1.29 is 14.3 Å². The standard InChI is InChI=1S/C19H27ClFN3O2/c1-18(2,26)15(21)11-23-17(25)13-10-22-16(20)9-14(13)24-19-6-3-12(4-7-19)5-8-19/h9-10,12,15,26H,3-8,11H2,1-2H3,(H,22,24)(H,23,25)/t12?,15-,19?/m1/s1. The molecule has 0 aromatic carbocycles. The Kier molecular flexibility index (Phi) is 5.45. The highest BCUT2D eigenvalue weighted by molar-refractivity contribution is 6.29. The number of carbonyl (C=O) groups is 1. The van der Waals surface area contributed by atoms with Crippen LogP contribution in [0.1, 0.15) is 62.7 Å². The van der Waals surface area contributed by atoms with Gasteiger partial charge in [0.05, 0.1) is 23.4 Å². The Hall–Kier alpha value is -1.40. The molecule has 0 aliphatic heterocycles. The summed E-state index contributed by atoms with van der Waals surface area (Å²) in [7, 11) is 0. The third-order valence-corrected chi connectivity index (χ3v) is 6.02.